The predicted octanol–water partition coefficient (Wildman–Crippen LogP) is 2.38. The molecule has 1 aromatic carbocycles. The summed E-state index contributed by atoms with van der Waals surface area (Å²) in [5.41, 5.74) is 1.30. The minimum absolute atomic E-state index is 0.0554. The third-order valence-electron chi connectivity index (χ3n) is 3.19. The van der Waals surface area contributed by atoms with Crippen molar-refractivity contribution in [1.82, 2.24) is 0 Å². The molecule has 1 aliphatic heterocycles. The van der Waals surface area contributed by atoms with E-state index in [1.807, 2.05) is 38.1 Å². The Balaban J connectivity index is 2.23. The van der Waals surface area contributed by atoms with Gasteiger partial charge in [0.05, 0.1) is 6.10 Å². The lowest BCUT2D eigenvalue weighted by Crippen LogP contribution is -2.35. The van der Waals surface area contributed by atoms with E-state index >= 15 is 0 Å². The van der Waals surface area contributed by atoms with Gasteiger partial charge in [-0.2, -0.15) is 0 Å². The van der Waals surface area contributed by atoms with Crippen LogP contribution in [0, 0.1) is 6.92 Å². The van der Waals surface area contributed by atoms with Crippen LogP contribution >= 0.6 is 0 Å². The van der Waals surface area contributed by atoms with Crippen LogP contribution in [0.5, 0.6) is 0 Å². The first-order valence-electron chi connectivity index (χ1n) is 5.52. The lowest BCUT2D eigenvalue weighted by molar-refractivity contribution is -0.0774. The summed E-state index contributed by atoms with van der Waals surface area (Å²) in [6, 6.07) is 8.02. The van der Waals surface area contributed by atoms with Crippen LogP contribution in [0.4, 0.5) is 0 Å². The predicted molar refractivity (Wildman–Crippen MR) is 59.7 cm³/mol. The zero-order valence-corrected chi connectivity index (χ0v) is 9.36. The van der Waals surface area contributed by atoms with E-state index in [2.05, 4.69) is 0 Å². The average molecular weight is 206 g/mol. The Bertz CT molecular complexity index is 321. The van der Waals surface area contributed by atoms with Gasteiger partial charge >= 0.3 is 0 Å². The van der Waals surface area contributed by atoms with Gasteiger partial charge in [0.25, 0.3) is 0 Å². The normalized spacial score (nSPS) is 25.1. The molecule has 1 aliphatic rings. The average Bonchev–Trinajstić information content (AvgIpc) is 2.71. The zero-order valence-electron chi connectivity index (χ0n) is 9.36. The van der Waals surface area contributed by atoms with Crippen LogP contribution in [0.2, 0.25) is 0 Å². The Hall–Kier alpha value is -0.860. The maximum absolute atomic E-state index is 10.5. The molecule has 2 rings (SSSR count). The molecule has 0 amide bonds. The Labute approximate surface area is 90.9 Å². The number of rotatable bonds is 2. The van der Waals surface area contributed by atoms with Gasteiger partial charge in [-0.15, -0.1) is 0 Å². The van der Waals surface area contributed by atoms with Crippen molar-refractivity contribution in [3.8, 4) is 0 Å². The molecule has 0 bridgehead atoms. The minimum atomic E-state index is -0.857. The van der Waals surface area contributed by atoms with E-state index < -0.39 is 5.60 Å². The third kappa shape index (κ3) is 2.06. The van der Waals surface area contributed by atoms with Crippen molar-refractivity contribution < 1.29 is 9.84 Å². The molecule has 1 N–H and O–H groups in total. The standard InChI is InChI=1S/C13H18O2/c1-10-5-7-11(8-6-10)13(2,14)12-4-3-9-15-12/h5-8,12,14H,3-4,9H2,1-2H3/t12?,13-/m0/s1. The first-order valence-corrected chi connectivity index (χ1v) is 5.52. The Morgan fingerprint density at radius 1 is 1.33 bits per heavy atom. The molecular formula is C13H18O2. The fourth-order valence-electron chi connectivity index (χ4n) is 2.10. The van der Waals surface area contributed by atoms with Gasteiger partial charge in [0.2, 0.25) is 0 Å². The fraction of sp³-hybridized carbons (Fsp3) is 0.538. The molecule has 1 fully saturated rings. The fourth-order valence-corrected chi connectivity index (χ4v) is 2.10. The molecule has 1 aromatic rings. The maximum atomic E-state index is 10.5. The second kappa shape index (κ2) is 3.95. The SMILES string of the molecule is Cc1ccc([C@](C)(O)C2CCCO2)cc1. The second-order valence-corrected chi connectivity index (χ2v) is 4.52. The summed E-state index contributed by atoms with van der Waals surface area (Å²) >= 11 is 0. The molecular weight excluding hydrogens is 188 g/mol. The van der Waals surface area contributed by atoms with Gasteiger partial charge in [-0.05, 0) is 32.3 Å². The molecule has 0 saturated carbocycles. The maximum Gasteiger partial charge on any atom is 0.113 e. The van der Waals surface area contributed by atoms with Crippen molar-refractivity contribution in [2.45, 2.75) is 38.4 Å². The van der Waals surface area contributed by atoms with Crippen LogP contribution in [-0.4, -0.2) is 17.8 Å². The first kappa shape index (κ1) is 10.7. The topological polar surface area (TPSA) is 29.5 Å². The van der Waals surface area contributed by atoms with Crippen LogP contribution in [0.15, 0.2) is 24.3 Å². The lowest BCUT2D eigenvalue weighted by atomic mass is 9.88. The summed E-state index contributed by atoms with van der Waals surface area (Å²) in [5, 5.41) is 10.5. The Morgan fingerprint density at radius 3 is 2.53 bits per heavy atom. The first-order chi connectivity index (χ1) is 7.10. The van der Waals surface area contributed by atoms with Crippen LogP contribution in [0.3, 0.4) is 0 Å². The molecule has 1 saturated heterocycles. The van der Waals surface area contributed by atoms with Crippen LogP contribution in [0.1, 0.15) is 30.9 Å². The van der Waals surface area contributed by atoms with Crippen molar-refractivity contribution in [2.24, 2.45) is 0 Å². The van der Waals surface area contributed by atoms with Crippen molar-refractivity contribution >= 4 is 0 Å². The molecule has 0 aliphatic carbocycles. The Morgan fingerprint density at radius 2 is 2.00 bits per heavy atom. The van der Waals surface area contributed by atoms with Gasteiger partial charge < -0.3 is 9.84 Å². The van der Waals surface area contributed by atoms with Crippen molar-refractivity contribution in [3.05, 3.63) is 35.4 Å². The summed E-state index contributed by atoms with van der Waals surface area (Å²) in [6.07, 6.45) is 1.94. The van der Waals surface area contributed by atoms with Gasteiger partial charge in [-0.25, -0.2) is 0 Å². The Kier molecular flexibility index (Phi) is 2.81. The molecule has 82 valence electrons. The van der Waals surface area contributed by atoms with Gasteiger partial charge in [-0.1, -0.05) is 29.8 Å². The molecule has 15 heavy (non-hydrogen) atoms. The molecule has 2 nitrogen and oxygen atoms in total. The highest BCUT2D eigenvalue weighted by atomic mass is 16.5. The van der Waals surface area contributed by atoms with Gasteiger partial charge in [0, 0.05) is 6.61 Å². The quantitative estimate of drug-likeness (QED) is 0.805. The molecule has 2 atom stereocenters. The van der Waals surface area contributed by atoms with E-state index in [1.165, 1.54) is 5.56 Å². The van der Waals surface area contributed by atoms with Crippen LogP contribution < -0.4 is 0 Å². The number of hydrogen-bond donors (Lipinski definition) is 1. The summed E-state index contributed by atoms with van der Waals surface area (Å²) in [6.45, 7) is 4.66. The number of aliphatic hydroxyl groups is 1. The van der Waals surface area contributed by atoms with E-state index in [0.29, 0.717) is 0 Å². The molecule has 0 spiro atoms. The number of benzene rings is 1. The van der Waals surface area contributed by atoms with Crippen LogP contribution in [-0.2, 0) is 10.3 Å². The molecule has 0 radical (unpaired) electrons. The highest BCUT2D eigenvalue weighted by Gasteiger charge is 2.36. The summed E-state index contributed by atoms with van der Waals surface area (Å²) in [4.78, 5) is 0. The highest BCUT2D eigenvalue weighted by Crippen LogP contribution is 2.32. The highest BCUT2D eigenvalue weighted by molar-refractivity contribution is 5.27. The van der Waals surface area contributed by atoms with E-state index in [-0.39, 0.29) is 6.10 Å². The van der Waals surface area contributed by atoms with Crippen LogP contribution in [0.25, 0.3) is 0 Å². The number of hydrogen-bond acceptors (Lipinski definition) is 2. The molecule has 1 unspecified atom stereocenters. The molecule has 2 heteroatoms. The second-order valence-electron chi connectivity index (χ2n) is 4.52. The largest absolute Gasteiger partial charge is 0.383 e. The summed E-state index contributed by atoms with van der Waals surface area (Å²) < 4.78 is 5.55. The third-order valence-corrected chi connectivity index (χ3v) is 3.19. The minimum Gasteiger partial charge on any atom is -0.383 e. The monoisotopic (exact) mass is 206 g/mol. The van der Waals surface area contributed by atoms with E-state index in [1.54, 1.807) is 0 Å². The summed E-state index contributed by atoms with van der Waals surface area (Å²) in [5.74, 6) is 0. The molecule has 1 heterocycles. The molecule has 0 aromatic heterocycles. The van der Waals surface area contributed by atoms with Crippen molar-refractivity contribution in [2.75, 3.05) is 6.61 Å². The smallest absolute Gasteiger partial charge is 0.113 e. The van der Waals surface area contributed by atoms with E-state index in [9.17, 15) is 5.11 Å². The zero-order chi connectivity index (χ0) is 10.9. The van der Waals surface area contributed by atoms with Gasteiger partial charge in [0.1, 0.15) is 5.60 Å². The van der Waals surface area contributed by atoms with E-state index in [0.717, 1.165) is 25.0 Å². The van der Waals surface area contributed by atoms with Gasteiger partial charge in [0.15, 0.2) is 0 Å². The van der Waals surface area contributed by atoms with Crippen molar-refractivity contribution in [3.63, 3.8) is 0 Å². The lowest BCUT2D eigenvalue weighted by Gasteiger charge is -2.29. The number of ether oxygens (including phenoxy) is 1. The van der Waals surface area contributed by atoms with Gasteiger partial charge in [-0.3, -0.25) is 0 Å². The van der Waals surface area contributed by atoms with E-state index in [4.69, 9.17) is 4.74 Å². The van der Waals surface area contributed by atoms with Crippen molar-refractivity contribution in [1.29, 1.82) is 0 Å². The number of aryl methyl sites for hydroxylation is 1. The summed E-state index contributed by atoms with van der Waals surface area (Å²) in [7, 11) is 0.